The molecule has 0 fully saturated rings. The van der Waals surface area contributed by atoms with Crippen molar-refractivity contribution in [3.8, 4) is 0 Å². The number of aromatic nitrogens is 1. The van der Waals surface area contributed by atoms with Crippen LogP contribution in [0, 0.1) is 6.92 Å². The number of hydrogen-bond donors (Lipinski definition) is 2. The summed E-state index contributed by atoms with van der Waals surface area (Å²) in [6, 6.07) is 8.47. The van der Waals surface area contributed by atoms with Crippen LogP contribution in [0.15, 0.2) is 36.5 Å². The molecule has 18 heavy (non-hydrogen) atoms. The second kappa shape index (κ2) is 5.06. The van der Waals surface area contributed by atoms with E-state index >= 15 is 0 Å². The molecular formula is C13H12ClN3O. The van der Waals surface area contributed by atoms with Gasteiger partial charge in [-0.15, -0.1) is 0 Å². The number of nitrogens with zero attached hydrogens (tertiary/aromatic N) is 1. The number of nitrogens with two attached hydrogens (primary N) is 1. The van der Waals surface area contributed by atoms with Gasteiger partial charge in [0, 0.05) is 11.3 Å². The van der Waals surface area contributed by atoms with Gasteiger partial charge in [0.2, 0.25) is 0 Å². The first-order valence-corrected chi connectivity index (χ1v) is 5.73. The van der Waals surface area contributed by atoms with Gasteiger partial charge in [0.1, 0.15) is 5.15 Å². The highest BCUT2D eigenvalue weighted by atomic mass is 35.5. The van der Waals surface area contributed by atoms with E-state index in [2.05, 4.69) is 10.3 Å². The van der Waals surface area contributed by atoms with Gasteiger partial charge in [-0.05, 0) is 42.8 Å². The topological polar surface area (TPSA) is 68.0 Å². The van der Waals surface area contributed by atoms with Crippen molar-refractivity contribution < 1.29 is 4.79 Å². The average molecular weight is 262 g/mol. The zero-order valence-electron chi connectivity index (χ0n) is 9.77. The van der Waals surface area contributed by atoms with Crippen molar-refractivity contribution in [1.82, 2.24) is 4.98 Å². The molecular weight excluding hydrogens is 250 g/mol. The zero-order valence-corrected chi connectivity index (χ0v) is 10.5. The summed E-state index contributed by atoms with van der Waals surface area (Å²) < 4.78 is 0. The van der Waals surface area contributed by atoms with E-state index in [0.29, 0.717) is 22.1 Å². The summed E-state index contributed by atoms with van der Waals surface area (Å²) in [4.78, 5) is 15.9. The van der Waals surface area contributed by atoms with Crippen LogP contribution in [0.5, 0.6) is 0 Å². The Kier molecular flexibility index (Phi) is 3.48. The first-order valence-electron chi connectivity index (χ1n) is 5.35. The Labute approximate surface area is 110 Å². The molecule has 0 spiro atoms. The molecule has 0 saturated heterocycles. The smallest absolute Gasteiger partial charge is 0.255 e. The van der Waals surface area contributed by atoms with Gasteiger partial charge in [-0.1, -0.05) is 11.6 Å². The number of amides is 1. The van der Waals surface area contributed by atoms with Crippen molar-refractivity contribution in [2.75, 3.05) is 11.1 Å². The maximum absolute atomic E-state index is 12.0. The molecule has 0 aliphatic rings. The van der Waals surface area contributed by atoms with Crippen LogP contribution in [0.3, 0.4) is 0 Å². The first kappa shape index (κ1) is 12.4. The summed E-state index contributed by atoms with van der Waals surface area (Å²) in [6.07, 6.45) is 1.51. The highest BCUT2D eigenvalue weighted by molar-refractivity contribution is 6.29. The second-order valence-corrected chi connectivity index (χ2v) is 4.29. The number of benzene rings is 1. The van der Waals surface area contributed by atoms with E-state index in [-0.39, 0.29) is 5.91 Å². The Balaban J connectivity index is 2.19. The summed E-state index contributed by atoms with van der Waals surface area (Å²) in [5.74, 6) is -0.198. The summed E-state index contributed by atoms with van der Waals surface area (Å²) in [5.41, 5.74) is 8.29. The summed E-state index contributed by atoms with van der Waals surface area (Å²) >= 11 is 5.67. The van der Waals surface area contributed by atoms with Crippen LogP contribution in [-0.4, -0.2) is 10.9 Å². The van der Waals surface area contributed by atoms with Gasteiger partial charge < -0.3 is 11.1 Å². The van der Waals surface area contributed by atoms with Crippen molar-refractivity contribution in [3.05, 3.63) is 52.8 Å². The number of nitrogens with one attached hydrogen (secondary N) is 1. The zero-order chi connectivity index (χ0) is 13.1. The number of hydrogen-bond acceptors (Lipinski definition) is 3. The number of rotatable bonds is 2. The molecule has 0 bridgehead atoms. The van der Waals surface area contributed by atoms with Crippen molar-refractivity contribution in [1.29, 1.82) is 0 Å². The number of carbonyl (C=O) groups is 1. The van der Waals surface area contributed by atoms with Gasteiger partial charge in [-0.3, -0.25) is 4.79 Å². The van der Waals surface area contributed by atoms with Crippen LogP contribution >= 0.6 is 11.6 Å². The fourth-order valence-electron chi connectivity index (χ4n) is 1.59. The van der Waals surface area contributed by atoms with Crippen LogP contribution < -0.4 is 11.1 Å². The van der Waals surface area contributed by atoms with Crippen molar-refractivity contribution in [2.24, 2.45) is 0 Å². The molecule has 0 atom stereocenters. The lowest BCUT2D eigenvalue weighted by Crippen LogP contribution is -2.13. The highest BCUT2D eigenvalue weighted by Crippen LogP contribution is 2.15. The average Bonchev–Trinajstić information content (AvgIpc) is 2.32. The standard InChI is InChI=1S/C13H12ClN3O/c1-8-6-9(15)2-4-11(8)13(18)17-10-3-5-12(14)16-7-10/h2-7H,15H2,1H3,(H,17,18). The second-order valence-electron chi connectivity index (χ2n) is 3.90. The maximum Gasteiger partial charge on any atom is 0.255 e. The Morgan fingerprint density at radius 3 is 2.72 bits per heavy atom. The van der Waals surface area contributed by atoms with E-state index in [1.165, 1.54) is 6.20 Å². The lowest BCUT2D eigenvalue weighted by molar-refractivity contribution is 0.102. The number of halogens is 1. The predicted octanol–water partition coefficient (Wildman–Crippen LogP) is 2.88. The highest BCUT2D eigenvalue weighted by Gasteiger charge is 2.09. The quantitative estimate of drug-likeness (QED) is 0.645. The van der Waals surface area contributed by atoms with Gasteiger partial charge in [-0.2, -0.15) is 0 Å². The third-order valence-electron chi connectivity index (χ3n) is 2.48. The summed E-state index contributed by atoms with van der Waals surface area (Å²) in [7, 11) is 0. The molecule has 0 radical (unpaired) electrons. The van der Waals surface area contributed by atoms with E-state index in [0.717, 1.165) is 5.56 Å². The van der Waals surface area contributed by atoms with Crippen LogP contribution in [0.1, 0.15) is 15.9 Å². The minimum absolute atomic E-state index is 0.198. The molecule has 5 heteroatoms. The van der Waals surface area contributed by atoms with E-state index in [4.69, 9.17) is 17.3 Å². The first-order chi connectivity index (χ1) is 8.56. The Morgan fingerprint density at radius 2 is 2.11 bits per heavy atom. The molecule has 2 aromatic rings. The van der Waals surface area contributed by atoms with E-state index in [1.54, 1.807) is 30.3 Å². The normalized spacial score (nSPS) is 10.1. The Bertz CT molecular complexity index is 581. The molecule has 1 aromatic carbocycles. The molecule has 1 heterocycles. The van der Waals surface area contributed by atoms with Crippen molar-refractivity contribution >= 4 is 28.9 Å². The molecule has 0 saturated carbocycles. The molecule has 2 rings (SSSR count). The van der Waals surface area contributed by atoms with Crippen LogP contribution in [0.2, 0.25) is 5.15 Å². The Hall–Kier alpha value is -2.07. The van der Waals surface area contributed by atoms with E-state index in [1.807, 2.05) is 6.92 Å². The third kappa shape index (κ3) is 2.78. The number of nitrogen functional groups attached to an aromatic ring is 1. The van der Waals surface area contributed by atoms with Crippen molar-refractivity contribution in [2.45, 2.75) is 6.92 Å². The molecule has 92 valence electrons. The van der Waals surface area contributed by atoms with Crippen LogP contribution in [-0.2, 0) is 0 Å². The largest absolute Gasteiger partial charge is 0.399 e. The SMILES string of the molecule is Cc1cc(N)ccc1C(=O)Nc1ccc(Cl)nc1. The number of pyridine rings is 1. The maximum atomic E-state index is 12.0. The lowest BCUT2D eigenvalue weighted by atomic mass is 10.1. The summed E-state index contributed by atoms with van der Waals surface area (Å²) in [6.45, 7) is 1.84. The van der Waals surface area contributed by atoms with Crippen LogP contribution in [0.25, 0.3) is 0 Å². The van der Waals surface area contributed by atoms with Gasteiger partial charge in [0.25, 0.3) is 5.91 Å². The molecule has 3 N–H and O–H groups in total. The fourth-order valence-corrected chi connectivity index (χ4v) is 1.70. The molecule has 4 nitrogen and oxygen atoms in total. The third-order valence-corrected chi connectivity index (χ3v) is 2.70. The lowest BCUT2D eigenvalue weighted by Gasteiger charge is -2.08. The monoisotopic (exact) mass is 261 g/mol. The van der Waals surface area contributed by atoms with Gasteiger partial charge in [0.15, 0.2) is 0 Å². The minimum Gasteiger partial charge on any atom is -0.399 e. The minimum atomic E-state index is -0.198. The van der Waals surface area contributed by atoms with E-state index < -0.39 is 0 Å². The number of carbonyl (C=O) groups excluding carboxylic acids is 1. The predicted molar refractivity (Wildman–Crippen MR) is 72.8 cm³/mol. The van der Waals surface area contributed by atoms with E-state index in [9.17, 15) is 4.79 Å². The van der Waals surface area contributed by atoms with Crippen molar-refractivity contribution in [3.63, 3.8) is 0 Å². The number of anilines is 2. The number of aryl methyl sites for hydroxylation is 1. The van der Waals surface area contributed by atoms with Gasteiger partial charge in [0.05, 0.1) is 11.9 Å². The molecule has 1 amide bonds. The molecule has 0 aliphatic carbocycles. The molecule has 0 unspecified atom stereocenters. The molecule has 0 aliphatic heterocycles. The summed E-state index contributed by atoms with van der Waals surface area (Å²) in [5, 5.41) is 3.13. The fraction of sp³-hybridized carbons (Fsp3) is 0.0769. The van der Waals surface area contributed by atoms with Gasteiger partial charge >= 0.3 is 0 Å². The van der Waals surface area contributed by atoms with Gasteiger partial charge in [-0.25, -0.2) is 4.98 Å². The Morgan fingerprint density at radius 1 is 1.33 bits per heavy atom. The molecule has 1 aromatic heterocycles. The van der Waals surface area contributed by atoms with Crippen LogP contribution in [0.4, 0.5) is 11.4 Å².